The van der Waals surface area contributed by atoms with Gasteiger partial charge in [0.25, 0.3) is 0 Å². The summed E-state index contributed by atoms with van der Waals surface area (Å²) in [6.07, 6.45) is 4.29. The molecule has 88 valence electrons. The highest BCUT2D eigenvalue weighted by atomic mass is 16.5. The highest BCUT2D eigenvalue weighted by molar-refractivity contribution is 5.58. The van der Waals surface area contributed by atoms with Crippen molar-refractivity contribution in [3.05, 3.63) is 42.2 Å². The summed E-state index contributed by atoms with van der Waals surface area (Å²) in [5, 5.41) is 3.93. The second kappa shape index (κ2) is 4.72. The zero-order valence-corrected chi connectivity index (χ0v) is 9.80. The molecule has 2 aromatic rings. The van der Waals surface area contributed by atoms with Crippen LogP contribution in [0.3, 0.4) is 0 Å². The smallest absolute Gasteiger partial charge is 0.124 e. The number of likely N-dealkylation sites (tertiary alicyclic amines) is 1. The van der Waals surface area contributed by atoms with Gasteiger partial charge in [-0.25, -0.2) is 0 Å². The van der Waals surface area contributed by atoms with Crippen LogP contribution < -0.4 is 0 Å². The van der Waals surface area contributed by atoms with Crippen LogP contribution in [-0.4, -0.2) is 23.1 Å². The lowest BCUT2D eigenvalue weighted by atomic mass is 10.1. The van der Waals surface area contributed by atoms with Crippen LogP contribution in [0.2, 0.25) is 0 Å². The number of aromatic nitrogens is 1. The highest BCUT2D eigenvalue weighted by Crippen LogP contribution is 2.19. The first kappa shape index (κ1) is 10.5. The molecular weight excluding hydrogens is 212 g/mol. The third-order valence-electron chi connectivity index (χ3n) is 3.29. The molecule has 3 heteroatoms. The molecule has 0 N–H and O–H groups in total. The Balaban J connectivity index is 1.71. The molecule has 0 atom stereocenters. The maximum absolute atomic E-state index is 4.85. The van der Waals surface area contributed by atoms with Crippen LogP contribution in [0.15, 0.2) is 41.1 Å². The average Bonchev–Trinajstić information content (AvgIpc) is 3.01. The maximum atomic E-state index is 4.85. The minimum atomic E-state index is 0.901. The molecule has 2 heterocycles. The van der Waals surface area contributed by atoms with Gasteiger partial charge in [0.1, 0.15) is 12.0 Å². The Bertz CT molecular complexity index is 455. The van der Waals surface area contributed by atoms with E-state index in [9.17, 15) is 0 Å². The second-order valence-electron chi connectivity index (χ2n) is 4.56. The lowest BCUT2D eigenvalue weighted by Gasteiger charge is -2.14. The van der Waals surface area contributed by atoms with Crippen LogP contribution in [0.1, 0.15) is 18.4 Å². The van der Waals surface area contributed by atoms with Crippen LogP contribution in [-0.2, 0) is 6.54 Å². The molecule has 0 radical (unpaired) electrons. The van der Waals surface area contributed by atoms with Crippen LogP contribution in [0.25, 0.3) is 11.3 Å². The van der Waals surface area contributed by atoms with Gasteiger partial charge in [-0.1, -0.05) is 29.4 Å². The molecule has 1 aromatic carbocycles. The van der Waals surface area contributed by atoms with Crippen LogP contribution >= 0.6 is 0 Å². The van der Waals surface area contributed by atoms with E-state index in [1.165, 1.54) is 31.5 Å². The van der Waals surface area contributed by atoms with Crippen molar-refractivity contribution in [3.8, 4) is 11.3 Å². The summed E-state index contributed by atoms with van der Waals surface area (Å²) in [7, 11) is 0. The molecule has 3 nitrogen and oxygen atoms in total. The summed E-state index contributed by atoms with van der Waals surface area (Å²) < 4.78 is 4.85. The molecule has 0 bridgehead atoms. The summed E-state index contributed by atoms with van der Waals surface area (Å²) in [5.41, 5.74) is 3.39. The monoisotopic (exact) mass is 228 g/mol. The number of hydrogen-bond donors (Lipinski definition) is 0. The van der Waals surface area contributed by atoms with E-state index in [0.717, 1.165) is 17.8 Å². The first-order valence-corrected chi connectivity index (χ1v) is 6.14. The molecule has 0 amide bonds. The summed E-state index contributed by atoms with van der Waals surface area (Å²) in [6.45, 7) is 3.55. The van der Waals surface area contributed by atoms with Gasteiger partial charge in [0, 0.05) is 18.2 Å². The predicted molar refractivity (Wildman–Crippen MR) is 66.5 cm³/mol. The fraction of sp³-hybridized carbons (Fsp3) is 0.357. The van der Waals surface area contributed by atoms with E-state index in [0.29, 0.717) is 0 Å². The molecule has 1 saturated heterocycles. The lowest BCUT2D eigenvalue weighted by molar-refractivity contribution is 0.331. The van der Waals surface area contributed by atoms with Gasteiger partial charge in [-0.2, -0.15) is 0 Å². The summed E-state index contributed by atoms with van der Waals surface area (Å²) in [4.78, 5) is 2.51. The van der Waals surface area contributed by atoms with E-state index in [-0.39, 0.29) is 0 Å². The van der Waals surface area contributed by atoms with Gasteiger partial charge in [-0.05, 0) is 31.5 Å². The van der Waals surface area contributed by atoms with Gasteiger partial charge < -0.3 is 4.52 Å². The Hall–Kier alpha value is -1.61. The van der Waals surface area contributed by atoms with E-state index < -0.39 is 0 Å². The van der Waals surface area contributed by atoms with Gasteiger partial charge in [0.05, 0.1) is 0 Å². The minimum absolute atomic E-state index is 0.901. The van der Waals surface area contributed by atoms with Crippen molar-refractivity contribution in [2.24, 2.45) is 0 Å². The summed E-state index contributed by atoms with van der Waals surface area (Å²) in [5.74, 6) is 0. The Morgan fingerprint density at radius 1 is 1.06 bits per heavy atom. The zero-order valence-electron chi connectivity index (χ0n) is 9.80. The van der Waals surface area contributed by atoms with E-state index >= 15 is 0 Å². The van der Waals surface area contributed by atoms with Crippen molar-refractivity contribution in [1.29, 1.82) is 0 Å². The molecule has 3 rings (SSSR count). The van der Waals surface area contributed by atoms with Crippen molar-refractivity contribution in [1.82, 2.24) is 10.1 Å². The number of hydrogen-bond acceptors (Lipinski definition) is 3. The normalized spacial score (nSPS) is 16.5. The van der Waals surface area contributed by atoms with Crippen LogP contribution in [0, 0.1) is 0 Å². The first-order valence-electron chi connectivity index (χ1n) is 6.14. The van der Waals surface area contributed by atoms with Crippen molar-refractivity contribution in [2.75, 3.05) is 13.1 Å². The van der Waals surface area contributed by atoms with E-state index in [1.54, 1.807) is 6.26 Å². The fourth-order valence-electron chi connectivity index (χ4n) is 2.34. The first-order chi connectivity index (χ1) is 8.42. The summed E-state index contributed by atoms with van der Waals surface area (Å²) >= 11 is 0. The summed E-state index contributed by atoms with van der Waals surface area (Å²) in [6, 6.07) is 10.5. The van der Waals surface area contributed by atoms with Crippen molar-refractivity contribution in [3.63, 3.8) is 0 Å². The van der Waals surface area contributed by atoms with E-state index in [1.807, 2.05) is 6.07 Å². The molecule has 17 heavy (non-hydrogen) atoms. The van der Waals surface area contributed by atoms with Gasteiger partial charge in [-0.3, -0.25) is 4.90 Å². The molecule has 1 aliphatic heterocycles. The third kappa shape index (κ3) is 2.39. The molecule has 1 aromatic heterocycles. The highest BCUT2D eigenvalue weighted by Gasteiger charge is 2.11. The van der Waals surface area contributed by atoms with Crippen molar-refractivity contribution >= 4 is 0 Å². The molecule has 0 spiro atoms. The second-order valence-corrected chi connectivity index (χ2v) is 4.56. The standard InChI is InChI=1S/C14H16N2O/c1-2-9-16(8-1)11-12-3-5-13(6-4-12)14-7-10-17-15-14/h3-7,10H,1-2,8-9,11H2. The SMILES string of the molecule is c1cc(-c2ccc(CN3CCCC3)cc2)no1. The Labute approximate surface area is 101 Å². The topological polar surface area (TPSA) is 29.3 Å². The Morgan fingerprint density at radius 2 is 1.82 bits per heavy atom. The van der Waals surface area contributed by atoms with E-state index in [4.69, 9.17) is 4.52 Å². The molecular formula is C14H16N2O. The van der Waals surface area contributed by atoms with E-state index in [2.05, 4.69) is 34.3 Å². The van der Waals surface area contributed by atoms with Gasteiger partial charge >= 0.3 is 0 Å². The molecule has 1 fully saturated rings. The lowest BCUT2D eigenvalue weighted by Crippen LogP contribution is -2.18. The third-order valence-corrected chi connectivity index (χ3v) is 3.29. The number of benzene rings is 1. The largest absolute Gasteiger partial charge is 0.364 e. The molecule has 0 saturated carbocycles. The van der Waals surface area contributed by atoms with Crippen LogP contribution in [0.5, 0.6) is 0 Å². The average molecular weight is 228 g/mol. The Kier molecular flexibility index (Phi) is 2.92. The van der Waals surface area contributed by atoms with Crippen molar-refractivity contribution < 1.29 is 4.52 Å². The number of nitrogens with zero attached hydrogens (tertiary/aromatic N) is 2. The molecule has 0 unspecified atom stereocenters. The minimum Gasteiger partial charge on any atom is -0.364 e. The number of rotatable bonds is 3. The predicted octanol–water partition coefficient (Wildman–Crippen LogP) is 2.94. The van der Waals surface area contributed by atoms with Crippen LogP contribution in [0.4, 0.5) is 0 Å². The van der Waals surface area contributed by atoms with Crippen molar-refractivity contribution in [2.45, 2.75) is 19.4 Å². The quantitative estimate of drug-likeness (QED) is 0.808. The van der Waals surface area contributed by atoms with Gasteiger partial charge in [-0.15, -0.1) is 0 Å². The van der Waals surface area contributed by atoms with Gasteiger partial charge in [0.2, 0.25) is 0 Å². The molecule has 1 aliphatic rings. The zero-order chi connectivity index (χ0) is 11.5. The van der Waals surface area contributed by atoms with Gasteiger partial charge in [0.15, 0.2) is 0 Å². The fourth-order valence-corrected chi connectivity index (χ4v) is 2.34. The molecule has 0 aliphatic carbocycles. The maximum Gasteiger partial charge on any atom is 0.124 e. The Morgan fingerprint density at radius 3 is 2.47 bits per heavy atom.